The van der Waals surface area contributed by atoms with Crippen LogP contribution in [0.3, 0.4) is 0 Å². The molecule has 3 rings (SSSR count). The molecule has 0 saturated carbocycles. The molecule has 0 aliphatic rings. The summed E-state index contributed by atoms with van der Waals surface area (Å²) in [6, 6.07) is 13.9. The Bertz CT molecular complexity index is 1640. The number of sulfone groups is 1. The number of hydrogen-bond donors (Lipinski definition) is 2. The van der Waals surface area contributed by atoms with E-state index in [0.717, 1.165) is 6.26 Å². The van der Waals surface area contributed by atoms with Crippen molar-refractivity contribution in [3.63, 3.8) is 0 Å². The highest BCUT2D eigenvalue weighted by atomic mass is 32.2. The van der Waals surface area contributed by atoms with Gasteiger partial charge in [0.05, 0.1) is 34.5 Å². The number of carbonyl (C=O) groups excluding carboxylic acids is 1. The van der Waals surface area contributed by atoms with Crippen molar-refractivity contribution < 1.29 is 31.1 Å². The van der Waals surface area contributed by atoms with E-state index in [9.17, 15) is 31.6 Å². The van der Waals surface area contributed by atoms with E-state index in [1.807, 2.05) is 6.07 Å². The monoisotopic (exact) mass is 605 g/mol. The Labute approximate surface area is 241 Å². The lowest BCUT2D eigenvalue weighted by Gasteiger charge is -2.17. The number of anilines is 1. The molecule has 15 heteroatoms. The van der Waals surface area contributed by atoms with Crippen molar-refractivity contribution in [2.75, 3.05) is 11.7 Å². The third kappa shape index (κ3) is 8.37. The molecule has 1 amide bonds. The maximum Gasteiger partial charge on any atom is 0.522 e. The third-order valence-corrected chi connectivity index (χ3v) is 7.23. The zero-order chi connectivity index (χ0) is 31.5. The number of amides is 1. The summed E-state index contributed by atoms with van der Waals surface area (Å²) in [6.45, 7) is 5.71. The number of nitrogens with zero attached hydrogens (tertiary/aromatic N) is 5. The molecular weight excluding hydrogens is 575 g/mol. The summed E-state index contributed by atoms with van der Waals surface area (Å²) < 4.78 is 67.4. The molecule has 1 unspecified atom stereocenters. The van der Waals surface area contributed by atoms with E-state index in [1.54, 1.807) is 51.2 Å². The Balaban J connectivity index is 2.04. The standard InChI is InChI=1S/C27H30F3N7O4S/c1-16(17(2)41-27(28,29)30)33-36-34-22-13-19(18-8-7-9-20(12-18)42(6,39)40)10-11-21(22)24-14-23(35-37(24)5)25(38)32-26(3,4)15-31/h7-14,16-17H,1-6H3,(H,32,38)(H,33,34)/t16-,17?/m0/s1. The summed E-state index contributed by atoms with van der Waals surface area (Å²) in [6.07, 6.45) is -5.04. The lowest BCUT2D eigenvalue weighted by molar-refractivity contribution is -0.341. The highest BCUT2D eigenvalue weighted by molar-refractivity contribution is 7.90. The van der Waals surface area contributed by atoms with Crippen LogP contribution in [-0.4, -0.2) is 54.4 Å². The lowest BCUT2D eigenvalue weighted by Crippen LogP contribution is -2.42. The lowest BCUT2D eigenvalue weighted by atomic mass is 10.0. The van der Waals surface area contributed by atoms with E-state index < -0.39 is 39.8 Å². The molecule has 11 nitrogen and oxygen atoms in total. The molecule has 0 radical (unpaired) electrons. The van der Waals surface area contributed by atoms with Crippen LogP contribution in [0.4, 0.5) is 18.9 Å². The van der Waals surface area contributed by atoms with E-state index in [1.165, 1.54) is 36.7 Å². The van der Waals surface area contributed by atoms with Crippen molar-refractivity contribution in [3.05, 3.63) is 54.2 Å². The molecule has 3 aromatic rings. The second kappa shape index (κ2) is 12.3. The van der Waals surface area contributed by atoms with Gasteiger partial charge in [0.1, 0.15) is 5.54 Å². The molecule has 0 spiro atoms. The Morgan fingerprint density at radius 3 is 2.40 bits per heavy atom. The minimum absolute atomic E-state index is 0.0417. The van der Waals surface area contributed by atoms with Crippen molar-refractivity contribution in [3.8, 4) is 28.5 Å². The number of carbonyl (C=O) groups is 1. The van der Waals surface area contributed by atoms with Gasteiger partial charge < -0.3 is 5.32 Å². The van der Waals surface area contributed by atoms with E-state index in [2.05, 4.69) is 30.9 Å². The molecule has 0 fully saturated rings. The number of hydrogen-bond acceptors (Lipinski definition) is 8. The predicted molar refractivity (Wildman–Crippen MR) is 149 cm³/mol. The second-order valence-electron chi connectivity index (χ2n) is 10.1. The van der Waals surface area contributed by atoms with E-state index in [0.29, 0.717) is 28.1 Å². The molecule has 0 bridgehead atoms. The van der Waals surface area contributed by atoms with Gasteiger partial charge in [0, 0.05) is 18.9 Å². The minimum atomic E-state index is -4.83. The smallest absolute Gasteiger partial charge is 0.333 e. The van der Waals surface area contributed by atoms with Crippen LogP contribution in [0.1, 0.15) is 38.2 Å². The largest absolute Gasteiger partial charge is 0.522 e. The Morgan fingerprint density at radius 1 is 1.12 bits per heavy atom. The molecule has 2 aromatic carbocycles. The summed E-state index contributed by atoms with van der Waals surface area (Å²) in [4.78, 5) is 12.9. The van der Waals surface area contributed by atoms with Gasteiger partial charge in [-0.1, -0.05) is 29.5 Å². The zero-order valence-electron chi connectivity index (χ0n) is 23.7. The van der Waals surface area contributed by atoms with Crippen LogP contribution in [0.5, 0.6) is 0 Å². The van der Waals surface area contributed by atoms with Gasteiger partial charge in [0.15, 0.2) is 15.5 Å². The summed E-state index contributed by atoms with van der Waals surface area (Å²) in [5, 5.41) is 23.9. The molecule has 1 aromatic heterocycles. The number of rotatable bonds is 10. The van der Waals surface area contributed by atoms with Crippen LogP contribution < -0.4 is 10.7 Å². The van der Waals surface area contributed by atoms with Gasteiger partial charge in [-0.2, -0.15) is 15.5 Å². The predicted octanol–water partition coefficient (Wildman–Crippen LogP) is 5.28. The number of alkyl halides is 3. The zero-order valence-corrected chi connectivity index (χ0v) is 24.5. The minimum Gasteiger partial charge on any atom is -0.333 e. The second-order valence-corrected chi connectivity index (χ2v) is 12.1. The van der Waals surface area contributed by atoms with Gasteiger partial charge in [0.25, 0.3) is 5.91 Å². The van der Waals surface area contributed by atoms with Crippen LogP contribution in [0.2, 0.25) is 0 Å². The van der Waals surface area contributed by atoms with Gasteiger partial charge in [-0.05, 0) is 63.1 Å². The maximum absolute atomic E-state index is 12.7. The van der Waals surface area contributed by atoms with Crippen LogP contribution in [-0.2, 0) is 21.6 Å². The summed E-state index contributed by atoms with van der Waals surface area (Å²) in [7, 11) is -1.87. The SMILES string of the molecule is CC(OC(F)(F)F)[C@H](C)N=NNc1cc(-c2cccc(S(C)(=O)=O)c2)ccc1-c1cc(C(=O)NC(C)(C)C#N)nn1C. The normalized spacial score (nSPS) is 13.9. The van der Waals surface area contributed by atoms with Crippen molar-refractivity contribution in [2.45, 2.75) is 56.6 Å². The number of benzene rings is 2. The molecule has 0 saturated heterocycles. The topological polar surface area (TPSA) is 151 Å². The maximum atomic E-state index is 12.7. The average Bonchev–Trinajstić information content (AvgIpc) is 3.28. The van der Waals surface area contributed by atoms with E-state index in [-0.39, 0.29) is 10.6 Å². The first kappa shape index (κ1) is 32.2. The highest BCUT2D eigenvalue weighted by Gasteiger charge is 2.34. The molecule has 0 aliphatic carbocycles. The molecule has 224 valence electrons. The fourth-order valence-electron chi connectivity index (χ4n) is 3.73. The number of nitriles is 1. The molecule has 2 atom stereocenters. The van der Waals surface area contributed by atoms with Crippen molar-refractivity contribution in [1.82, 2.24) is 15.1 Å². The average molecular weight is 606 g/mol. The van der Waals surface area contributed by atoms with Crippen LogP contribution in [0.15, 0.2) is 63.8 Å². The molecule has 1 heterocycles. The Hall–Kier alpha value is -4.29. The van der Waals surface area contributed by atoms with E-state index in [4.69, 9.17) is 0 Å². The molecule has 42 heavy (non-hydrogen) atoms. The number of halogens is 3. The fraction of sp³-hybridized carbons (Fsp3) is 0.370. The van der Waals surface area contributed by atoms with Crippen LogP contribution >= 0.6 is 0 Å². The fourth-order valence-corrected chi connectivity index (χ4v) is 4.40. The number of aromatic nitrogens is 2. The van der Waals surface area contributed by atoms with Gasteiger partial charge in [-0.15, -0.1) is 13.2 Å². The van der Waals surface area contributed by atoms with Gasteiger partial charge in [-0.3, -0.25) is 19.6 Å². The first-order chi connectivity index (χ1) is 19.4. The Kier molecular flexibility index (Phi) is 9.43. The van der Waals surface area contributed by atoms with Crippen molar-refractivity contribution in [2.24, 2.45) is 17.4 Å². The van der Waals surface area contributed by atoms with Gasteiger partial charge >= 0.3 is 6.36 Å². The summed E-state index contributed by atoms with van der Waals surface area (Å²) >= 11 is 0. The van der Waals surface area contributed by atoms with Crippen molar-refractivity contribution in [1.29, 1.82) is 5.26 Å². The summed E-state index contributed by atoms with van der Waals surface area (Å²) in [5.74, 6) is -0.570. The van der Waals surface area contributed by atoms with Crippen LogP contribution in [0.25, 0.3) is 22.4 Å². The first-order valence-electron chi connectivity index (χ1n) is 12.5. The van der Waals surface area contributed by atoms with E-state index >= 15 is 0 Å². The molecule has 0 aliphatic heterocycles. The van der Waals surface area contributed by atoms with Gasteiger partial charge in [-0.25, -0.2) is 8.42 Å². The number of ether oxygens (including phenoxy) is 1. The number of aryl methyl sites for hydroxylation is 1. The highest BCUT2D eigenvalue weighted by Crippen LogP contribution is 2.34. The van der Waals surface area contributed by atoms with Crippen molar-refractivity contribution >= 4 is 21.4 Å². The van der Waals surface area contributed by atoms with Crippen LogP contribution in [0, 0.1) is 11.3 Å². The Morgan fingerprint density at radius 2 is 1.79 bits per heavy atom. The molecular formula is C27H30F3N7O4S. The third-order valence-electron chi connectivity index (χ3n) is 6.12. The first-order valence-corrected chi connectivity index (χ1v) is 14.4. The summed E-state index contributed by atoms with van der Waals surface area (Å²) in [5.41, 5.74) is 4.13. The molecule has 2 N–H and O–H groups in total. The number of nitrogens with one attached hydrogen (secondary N) is 2. The quantitative estimate of drug-likeness (QED) is 0.236. The van der Waals surface area contributed by atoms with Gasteiger partial charge in [0.2, 0.25) is 0 Å².